The number of nitrogens with two attached hydrogens (primary N) is 1. The highest BCUT2D eigenvalue weighted by molar-refractivity contribution is 7.13. The topological polar surface area (TPSA) is 48.1 Å². The van der Waals surface area contributed by atoms with Gasteiger partial charge in [0.1, 0.15) is 5.75 Å². The van der Waals surface area contributed by atoms with Crippen molar-refractivity contribution < 1.29 is 4.74 Å². The van der Waals surface area contributed by atoms with Crippen molar-refractivity contribution in [3.63, 3.8) is 0 Å². The molecule has 1 aromatic heterocycles. The van der Waals surface area contributed by atoms with Gasteiger partial charge in [-0.15, -0.1) is 11.3 Å². The third kappa shape index (κ3) is 3.23. The highest BCUT2D eigenvalue weighted by atomic mass is 32.1. The molecule has 0 bridgehead atoms. The summed E-state index contributed by atoms with van der Waals surface area (Å²) < 4.78 is 5.83. The lowest BCUT2D eigenvalue weighted by molar-refractivity contribution is 0.307. The minimum absolute atomic E-state index is 0.589. The summed E-state index contributed by atoms with van der Waals surface area (Å²) in [6.07, 6.45) is 3.49. The van der Waals surface area contributed by atoms with E-state index < -0.39 is 0 Å². The highest BCUT2D eigenvalue weighted by Gasteiger charge is 2.08. The molecule has 96 valence electrons. The fourth-order valence-corrected chi connectivity index (χ4v) is 2.31. The van der Waals surface area contributed by atoms with E-state index in [4.69, 9.17) is 10.5 Å². The number of hydrogen-bond acceptors (Lipinski definition) is 4. The molecule has 0 saturated heterocycles. The summed E-state index contributed by atoms with van der Waals surface area (Å²) in [6, 6.07) is 7.97. The molecule has 0 aliphatic carbocycles. The third-order valence-electron chi connectivity index (χ3n) is 2.69. The summed E-state index contributed by atoms with van der Waals surface area (Å²) in [5, 5.41) is 2.55. The van der Waals surface area contributed by atoms with E-state index in [1.807, 2.05) is 29.6 Å². The second-order valence-electron chi connectivity index (χ2n) is 4.12. The molecular formula is C14H18N2OS. The Morgan fingerprint density at radius 2 is 2.11 bits per heavy atom. The number of nitrogens with zero attached hydrogens (tertiary/aromatic N) is 1. The van der Waals surface area contributed by atoms with Crippen molar-refractivity contribution in [3.05, 3.63) is 29.6 Å². The van der Waals surface area contributed by atoms with Gasteiger partial charge in [0.15, 0.2) is 5.13 Å². The van der Waals surface area contributed by atoms with Crippen LogP contribution in [0.3, 0.4) is 0 Å². The van der Waals surface area contributed by atoms with Crippen LogP contribution in [-0.4, -0.2) is 11.6 Å². The smallest absolute Gasteiger partial charge is 0.180 e. The van der Waals surface area contributed by atoms with Gasteiger partial charge in [-0.05, 0) is 18.6 Å². The molecule has 0 spiro atoms. The first-order valence-corrected chi connectivity index (χ1v) is 7.12. The minimum Gasteiger partial charge on any atom is -0.493 e. The lowest BCUT2D eigenvalue weighted by Crippen LogP contribution is -1.98. The number of para-hydroxylation sites is 1. The molecule has 1 heterocycles. The van der Waals surface area contributed by atoms with E-state index in [0.29, 0.717) is 5.13 Å². The van der Waals surface area contributed by atoms with Gasteiger partial charge in [-0.25, -0.2) is 4.98 Å². The van der Waals surface area contributed by atoms with Gasteiger partial charge in [0.05, 0.1) is 12.3 Å². The van der Waals surface area contributed by atoms with Gasteiger partial charge in [-0.3, -0.25) is 0 Å². The Balaban J connectivity index is 2.10. The first-order valence-electron chi connectivity index (χ1n) is 6.24. The van der Waals surface area contributed by atoms with Gasteiger partial charge >= 0.3 is 0 Å². The van der Waals surface area contributed by atoms with E-state index in [1.54, 1.807) is 0 Å². The lowest BCUT2D eigenvalue weighted by atomic mass is 10.1. The first-order chi connectivity index (χ1) is 8.81. The van der Waals surface area contributed by atoms with E-state index in [-0.39, 0.29) is 0 Å². The van der Waals surface area contributed by atoms with Crippen LogP contribution in [0.15, 0.2) is 29.6 Å². The van der Waals surface area contributed by atoms with Crippen LogP contribution in [0.2, 0.25) is 0 Å². The summed E-state index contributed by atoms with van der Waals surface area (Å²) in [5.74, 6) is 0.888. The molecule has 0 aliphatic heterocycles. The average Bonchev–Trinajstić information content (AvgIpc) is 2.82. The SMILES string of the molecule is CCCCCOc1ccccc1-c1csc(N)n1. The van der Waals surface area contributed by atoms with Crippen molar-refractivity contribution in [3.8, 4) is 17.0 Å². The minimum atomic E-state index is 0.589. The number of anilines is 1. The molecule has 0 fully saturated rings. The molecule has 0 unspecified atom stereocenters. The molecule has 18 heavy (non-hydrogen) atoms. The van der Waals surface area contributed by atoms with Crippen LogP contribution in [0.25, 0.3) is 11.3 Å². The Morgan fingerprint density at radius 3 is 2.83 bits per heavy atom. The molecule has 0 atom stereocenters. The van der Waals surface area contributed by atoms with Crippen LogP contribution < -0.4 is 10.5 Å². The molecule has 1 aromatic carbocycles. The number of aromatic nitrogens is 1. The van der Waals surface area contributed by atoms with Gasteiger partial charge in [0, 0.05) is 10.9 Å². The van der Waals surface area contributed by atoms with Crippen LogP contribution in [0, 0.1) is 0 Å². The van der Waals surface area contributed by atoms with Crippen LogP contribution in [-0.2, 0) is 0 Å². The summed E-state index contributed by atoms with van der Waals surface area (Å²) in [4.78, 5) is 4.30. The van der Waals surface area contributed by atoms with E-state index in [0.717, 1.165) is 30.0 Å². The number of nitrogen functional groups attached to an aromatic ring is 1. The number of rotatable bonds is 6. The quantitative estimate of drug-likeness (QED) is 0.801. The summed E-state index contributed by atoms with van der Waals surface area (Å²) in [6.45, 7) is 2.94. The van der Waals surface area contributed by atoms with Gasteiger partial charge in [-0.2, -0.15) is 0 Å². The van der Waals surface area contributed by atoms with Crippen molar-refractivity contribution >= 4 is 16.5 Å². The Morgan fingerprint density at radius 1 is 1.28 bits per heavy atom. The Kier molecular flexibility index (Phi) is 4.59. The zero-order valence-electron chi connectivity index (χ0n) is 10.6. The molecule has 3 nitrogen and oxygen atoms in total. The molecule has 0 amide bonds. The van der Waals surface area contributed by atoms with Gasteiger partial charge < -0.3 is 10.5 Å². The zero-order chi connectivity index (χ0) is 12.8. The molecule has 0 aliphatic rings. The molecule has 0 saturated carbocycles. The van der Waals surface area contributed by atoms with Crippen LogP contribution >= 0.6 is 11.3 Å². The highest BCUT2D eigenvalue weighted by Crippen LogP contribution is 2.31. The second kappa shape index (κ2) is 6.40. The van der Waals surface area contributed by atoms with E-state index in [9.17, 15) is 0 Å². The van der Waals surface area contributed by atoms with Crippen LogP contribution in [0.1, 0.15) is 26.2 Å². The maximum atomic E-state index is 5.83. The molecule has 4 heteroatoms. The maximum Gasteiger partial charge on any atom is 0.180 e. The Bertz CT molecular complexity index is 496. The monoisotopic (exact) mass is 262 g/mol. The van der Waals surface area contributed by atoms with Crippen molar-refractivity contribution in [1.82, 2.24) is 4.98 Å². The standard InChI is InChI=1S/C14H18N2OS/c1-2-3-6-9-17-13-8-5-4-7-11(13)12-10-18-14(15)16-12/h4-5,7-8,10H,2-3,6,9H2,1H3,(H2,15,16). The number of unbranched alkanes of at least 4 members (excludes halogenated alkanes) is 2. The largest absolute Gasteiger partial charge is 0.493 e. The number of thiazole rings is 1. The normalized spacial score (nSPS) is 10.5. The van der Waals surface area contributed by atoms with E-state index in [2.05, 4.69) is 11.9 Å². The Labute approximate surface area is 112 Å². The average molecular weight is 262 g/mol. The predicted molar refractivity (Wildman–Crippen MR) is 77.0 cm³/mol. The second-order valence-corrected chi connectivity index (χ2v) is 5.01. The molecule has 2 N–H and O–H groups in total. The molecular weight excluding hydrogens is 244 g/mol. The Hall–Kier alpha value is -1.55. The third-order valence-corrected chi connectivity index (χ3v) is 3.36. The van der Waals surface area contributed by atoms with Crippen molar-refractivity contribution in [1.29, 1.82) is 0 Å². The fraction of sp³-hybridized carbons (Fsp3) is 0.357. The van der Waals surface area contributed by atoms with Gasteiger partial charge in [0.2, 0.25) is 0 Å². The van der Waals surface area contributed by atoms with Gasteiger partial charge in [-0.1, -0.05) is 31.9 Å². The van der Waals surface area contributed by atoms with Gasteiger partial charge in [0.25, 0.3) is 0 Å². The molecule has 2 aromatic rings. The summed E-state index contributed by atoms with van der Waals surface area (Å²) >= 11 is 1.45. The van der Waals surface area contributed by atoms with Crippen LogP contribution in [0.4, 0.5) is 5.13 Å². The maximum absolute atomic E-state index is 5.83. The van der Waals surface area contributed by atoms with Crippen molar-refractivity contribution in [2.24, 2.45) is 0 Å². The zero-order valence-corrected chi connectivity index (χ0v) is 11.4. The lowest BCUT2D eigenvalue weighted by Gasteiger charge is -2.09. The number of hydrogen-bond donors (Lipinski definition) is 1. The van der Waals surface area contributed by atoms with Crippen molar-refractivity contribution in [2.75, 3.05) is 12.3 Å². The summed E-state index contributed by atoms with van der Waals surface area (Å²) in [7, 11) is 0. The molecule has 2 rings (SSSR count). The summed E-state index contributed by atoms with van der Waals surface area (Å²) in [5.41, 5.74) is 7.58. The fourth-order valence-electron chi connectivity index (χ4n) is 1.75. The van der Waals surface area contributed by atoms with Crippen molar-refractivity contribution in [2.45, 2.75) is 26.2 Å². The number of benzene rings is 1. The predicted octanol–water partition coefficient (Wildman–Crippen LogP) is 3.96. The number of ether oxygens (including phenoxy) is 1. The van der Waals surface area contributed by atoms with E-state index >= 15 is 0 Å². The first kappa shape index (κ1) is 12.9. The molecule has 0 radical (unpaired) electrons. The van der Waals surface area contributed by atoms with Crippen LogP contribution in [0.5, 0.6) is 5.75 Å². The van der Waals surface area contributed by atoms with E-state index in [1.165, 1.54) is 24.2 Å².